The highest BCUT2D eigenvalue weighted by Crippen LogP contribution is 2.19. The van der Waals surface area contributed by atoms with E-state index in [2.05, 4.69) is 15.3 Å². The molecule has 0 aromatic heterocycles. The van der Waals surface area contributed by atoms with Crippen molar-refractivity contribution in [3.8, 4) is 0 Å². The predicted molar refractivity (Wildman–Crippen MR) is 68.0 cm³/mol. The summed E-state index contributed by atoms with van der Waals surface area (Å²) in [7, 11) is 0. The van der Waals surface area contributed by atoms with Crippen LogP contribution in [0.25, 0.3) is 0 Å². The fraction of sp³-hybridized carbons (Fsp3) is 0.417. The quantitative estimate of drug-likeness (QED) is 0.363. The lowest BCUT2D eigenvalue weighted by molar-refractivity contribution is -0.145. The lowest BCUT2D eigenvalue weighted by Gasteiger charge is -2.06. The number of rotatable bonds is 6. The fourth-order valence-electron chi connectivity index (χ4n) is 1.29. The van der Waals surface area contributed by atoms with E-state index in [0.717, 1.165) is 12.2 Å². The molecule has 0 fully saturated rings. The zero-order valence-electron chi connectivity index (χ0n) is 10.5. The Labute approximate surface area is 109 Å². The number of nitrogens with zero attached hydrogens (tertiary/aromatic N) is 1. The first-order valence-electron chi connectivity index (χ1n) is 5.79. The number of hydrogen-bond donors (Lipinski definition) is 2. The Morgan fingerprint density at radius 1 is 1.32 bits per heavy atom. The molecule has 0 bridgehead atoms. The number of oxime groups is 1. The highest BCUT2D eigenvalue weighted by molar-refractivity contribution is 5.97. The van der Waals surface area contributed by atoms with E-state index in [9.17, 15) is 13.2 Å². The van der Waals surface area contributed by atoms with E-state index >= 15 is 0 Å². The highest BCUT2D eigenvalue weighted by Gasteiger charge is 2.26. The number of anilines is 1. The van der Waals surface area contributed by atoms with E-state index in [1.807, 2.05) is 6.92 Å². The molecule has 0 atom stereocenters. The lowest BCUT2D eigenvalue weighted by Crippen LogP contribution is -2.15. The molecular formula is C12H16F3N3O. The van der Waals surface area contributed by atoms with Gasteiger partial charge in [-0.15, -0.1) is 0 Å². The minimum absolute atomic E-state index is 0.0465. The standard InChI is InChI=1S/C12H16F3N3O/c1-2-17-10-5-3-9(4-6-10)11(16)18-19-8-7-12(13,14)15/h3-6,17H,2,7-8H2,1H3,(H2,16,18). The van der Waals surface area contributed by atoms with Crippen molar-refractivity contribution < 1.29 is 18.0 Å². The second-order valence-electron chi connectivity index (χ2n) is 3.78. The van der Waals surface area contributed by atoms with Crippen LogP contribution in [-0.4, -0.2) is 25.2 Å². The number of amidine groups is 1. The van der Waals surface area contributed by atoms with Crippen LogP contribution in [0.2, 0.25) is 0 Å². The number of benzene rings is 1. The predicted octanol–water partition coefficient (Wildman–Crippen LogP) is 2.71. The summed E-state index contributed by atoms with van der Waals surface area (Å²) in [5.74, 6) is 0.0465. The maximum absolute atomic E-state index is 11.9. The summed E-state index contributed by atoms with van der Waals surface area (Å²) < 4.78 is 35.6. The molecule has 3 N–H and O–H groups in total. The average molecular weight is 275 g/mol. The second kappa shape index (κ2) is 6.86. The zero-order valence-corrected chi connectivity index (χ0v) is 10.5. The Kier molecular flexibility index (Phi) is 5.47. The van der Waals surface area contributed by atoms with Gasteiger partial charge in [0.25, 0.3) is 0 Å². The molecule has 1 aromatic carbocycles. The molecule has 0 saturated carbocycles. The summed E-state index contributed by atoms with van der Waals surface area (Å²) in [5.41, 5.74) is 7.11. The monoisotopic (exact) mass is 275 g/mol. The van der Waals surface area contributed by atoms with Crippen molar-refractivity contribution in [2.24, 2.45) is 10.9 Å². The molecule has 0 spiro atoms. The summed E-state index contributed by atoms with van der Waals surface area (Å²) in [6.45, 7) is 2.22. The Morgan fingerprint density at radius 3 is 2.47 bits per heavy atom. The molecule has 7 heteroatoms. The molecule has 4 nitrogen and oxygen atoms in total. The highest BCUT2D eigenvalue weighted by atomic mass is 19.4. The first kappa shape index (κ1) is 15.1. The van der Waals surface area contributed by atoms with Crippen LogP contribution in [-0.2, 0) is 4.84 Å². The van der Waals surface area contributed by atoms with E-state index in [4.69, 9.17) is 5.73 Å². The van der Waals surface area contributed by atoms with Crippen LogP contribution in [0.1, 0.15) is 18.9 Å². The van der Waals surface area contributed by atoms with Gasteiger partial charge in [0.1, 0.15) is 6.61 Å². The molecule has 0 unspecified atom stereocenters. The van der Waals surface area contributed by atoms with Gasteiger partial charge in [0.2, 0.25) is 0 Å². The number of nitrogens with one attached hydrogen (secondary N) is 1. The van der Waals surface area contributed by atoms with Gasteiger partial charge in [-0.25, -0.2) is 0 Å². The van der Waals surface area contributed by atoms with E-state index in [-0.39, 0.29) is 5.84 Å². The molecular weight excluding hydrogens is 259 g/mol. The molecule has 0 amide bonds. The van der Waals surface area contributed by atoms with E-state index in [1.54, 1.807) is 24.3 Å². The zero-order chi connectivity index (χ0) is 14.3. The van der Waals surface area contributed by atoms with E-state index in [0.29, 0.717) is 5.56 Å². The van der Waals surface area contributed by atoms with Gasteiger partial charge in [0, 0.05) is 17.8 Å². The molecule has 1 rings (SSSR count). The Hall–Kier alpha value is -1.92. The minimum Gasteiger partial charge on any atom is -0.394 e. The summed E-state index contributed by atoms with van der Waals surface area (Å²) in [5, 5.41) is 6.55. The van der Waals surface area contributed by atoms with Gasteiger partial charge in [-0.1, -0.05) is 5.16 Å². The van der Waals surface area contributed by atoms with E-state index < -0.39 is 19.2 Å². The van der Waals surface area contributed by atoms with Crippen LogP contribution < -0.4 is 11.1 Å². The minimum atomic E-state index is -4.25. The van der Waals surface area contributed by atoms with Crippen molar-refractivity contribution in [1.82, 2.24) is 0 Å². The van der Waals surface area contributed by atoms with Gasteiger partial charge in [-0.05, 0) is 31.2 Å². The molecule has 106 valence electrons. The van der Waals surface area contributed by atoms with Crippen molar-refractivity contribution in [2.45, 2.75) is 19.5 Å². The topological polar surface area (TPSA) is 59.6 Å². The number of halogens is 3. The maximum atomic E-state index is 11.9. The van der Waals surface area contributed by atoms with Crippen molar-refractivity contribution >= 4 is 11.5 Å². The third kappa shape index (κ3) is 5.98. The summed E-state index contributed by atoms with van der Waals surface area (Å²) in [6.07, 6.45) is -5.30. The molecule has 0 saturated heterocycles. The van der Waals surface area contributed by atoms with Crippen molar-refractivity contribution in [3.63, 3.8) is 0 Å². The van der Waals surface area contributed by atoms with Crippen LogP contribution in [0.5, 0.6) is 0 Å². The normalized spacial score (nSPS) is 12.3. The molecule has 0 aliphatic carbocycles. The number of alkyl halides is 3. The summed E-state index contributed by atoms with van der Waals surface area (Å²) >= 11 is 0. The first-order valence-corrected chi connectivity index (χ1v) is 5.79. The molecule has 0 aliphatic rings. The van der Waals surface area contributed by atoms with Gasteiger partial charge >= 0.3 is 6.18 Å². The SMILES string of the molecule is CCNc1ccc(C(N)=NOCCC(F)(F)F)cc1. The molecule has 1 aromatic rings. The Morgan fingerprint density at radius 2 is 1.95 bits per heavy atom. The summed E-state index contributed by atoms with van der Waals surface area (Å²) in [6, 6.07) is 7.03. The molecule has 0 radical (unpaired) electrons. The Balaban J connectivity index is 2.49. The second-order valence-corrected chi connectivity index (χ2v) is 3.78. The molecule has 19 heavy (non-hydrogen) atoms. The largest absolute Gasteiger partial charge is 0.394 e. The van der Waals surface area contributed by atoms with Crippen LogP contribution in [0.4, 0.5) is 18.9 Å². The van der Waals surface area contributed by atoms with E-state index in [1.165, 1.54) is 0 Å². The first-order chi connectivity index (χ1) is 8.92. The van der Waals surface area contributed by atoms with Crippen molar-refractivity contribution in [2.75, 3.05) is 18.5 Å². The molecule has 0 heterocycles. The maximum Gasteiger partial charge on any atom is 0.392 e. The van der Waals surface area contributed by atoms with Crippen molar-refractivity contribution in [3.05, 3.63) is 29.8 Å². The fourth-order valence-corrected chi connectivity index (χ4v) is 1.29. The average Bonchev–Trinajstić information content (AvgIpc) is 2.34. The van der Waals surface area contributed by atoms with Crippen LogP contribution in [0, 0.1) is 0 Å². The van der Waals surface area contributed by atoms with Gasteiger partial charge < -0.3 is 15.9 Å². The third-order valence-corrected chi connectivity index (χ3v) is 2.20. The van der Waals surface area contributed by atoms with Crippen LogP contribution >= 0.6 is 0 Å². The Bertz CT molecular complexity index is 415. The van der Waals surface area contributed by atoms with Crippen molar-refractivity contribution in [1.29, 1.82) is 0 Å². The van der Waals surface area contributed by atoms with Crippen LogP contribution in [0.3, 0.4) is 0 Å². The van der Waals surface area contributed by atoms with Gasteiger partial charge in [-0.2, -0.15) is 13.2 Å². The summed E-state index contributed by atoms with van der Waals surface area (Å²) in [4.78, 5) is 4.53. The third-order valence-electron chi connectivity index (χ3n) is 2.20. The van der Waals surface area contributed by atoms with Crippen LogP contribution in [0.15, 0.2) is 29.4 Å². The smallest absolute Gasteiger partial charge is 0.392 e. The van der Waals surface area contributed by atoms with Gasteiger partial charge in [-0.3, -0.25) is 0 Å². The number of hydrogen-bond acceptors (Lipinski definition) is 3. The molecule has 0 aliphatic heterocycles. The van der Waals surface area contributed by atoms with Gasteiger partial charge in [0.05, 0.1) is 6.42 Å². The number of nitrogens with two attached hydrogens (primary N) is 1. The lowest BCUT2D eigenvalue weighted by atomic mass is 10.2. The van der Waals surface area contributed by atoms with Gasteiger partial charge in [0.15, 0.2) is 5.84 Å².